The highest BCUT2D eigenvalue weighted by atomic mass is 32.2. The summed E-state index contributed by atoms with van der Waals surface area (Å²) < 4.78 is 81.6. The second-order valence-electron chi connectivity index (χ2n) is 8.74. The molecule has 10 heteroatoms. The van der Waals surface area contributed by atoms with Crippen molar-refractivity contribution < 1.29 is 30.2 Å². The molecule has 0 spiro atoms. The number of rotatable bonds is 5. The average Bonchev–Trinajstić information content (AvgIpc) is 2.67. The molecular formula is C23H25F4NO3SSi. The zero-order chi connectivity index (χ0) is 25.4. The molecule has 33 heavy (non-hydrogen) atoms. The maximum atomic E-state index is 14.9. The lowest BCUT2D eigenvalue weighted by Gasteiger charge is -2.38. The second-order valence-corrected chi connectivity index (χ2v) is 15.9. The quantitative estimate of drug-likeness (QED) is 0.152. The van der Waals surface area contributed by atoms with Crippen molar-refractivity contribution in [2.45, 2.75) is 63.7 Å². The second kappa shape index (κ2) is 9.36. The Labute approximate surface area is 192 Å². The van der Waals surface area contributed by atoms with Crippen LogP contribution < -0.4 is 4.18 Å². The highest BCUT2D eigenvalue weighted by Crippen LogP contribution is 2.41. The summed E-state index contributed by atoms with van der Waals surface area (Å²) in [5.74, 6) is 1.22. The molecule has 0 saturated carbocycles. The van der Waals surface area contributed by atoms with Crippen molar-refractivity contribution in [3.8, 4) is 23.3 Å². The maximum absolute atomic E-state index is 14.9. The van der Waals surface area contributed by atoms with E-state index in [2.05, 4.69) is 15.6 Å². The van der Waals surface area contributed by atoms with Crippen molar-refractivity contribution in [2.75, 3.05) is 0 Å². The fourth-order valence-electron chi connectivity index (χ4n) is 4.42. The Morgan fingerprint density at radius 2 is 1.55 bits per heavy atom. The molecule has 0 radical (unpaired) electrons. The molecule has 2 rings (SSSR count). The van der Waals surface area contributed by atoms with Gasteiger partial charge in [0, 0.05) is 11.5 Å². The van der Waals surface area contributed by atoms with Crippen LogP contribution in [0, 0.1) is 28.6 Å². The van der Waals surface area contributed by atoms with E-state index in [0.29, 0.717) is 0 Å². The van der Waals surface area contributed by atoms with Crippen LogP contribution in [0.5, 0.6) is 5.75 Å². The van der Waals surface area contributed by atoms with Gasteiger partial charge in [-0.15, -0.1) is 5.54 Å². The monoisotopic (exact) mass is 499 g/mol. The van der Waals surface area contributed by atoms with Gasteiger partial charge in [-0.05, 0) is 34.1 Å². The molecule has 4 nitrogen and oxygen atoms in total. The highest BCUT2D eigenvalue weighted by Gasteiger charge is 2.49. The van der Waals surface area contributed by atoms with Gasteiger partial charge in [-0.2, -0.15) is 26.9 Å². The molecule has 0 aliphatic carbocycles. The third kappa shape index (κ3) is 5.02. The van der Waals surface area contributed by atoms with Crippen molar-refractivity contribution in [1.82, 2.24) is 0 Å². The minimum Gasteiger partial charge on any atom is -0.375 e. The lowest BCUT2D eigenvalue weighted by molar-refractivity contribution is -0.0499. The van der Waals surface area contributed by atoms with Gasteiger partial charge in [0.1, 0.15) is 13.9 Å². The van der Waals surface area contributed by atoms with Gasteiger partial charge in [0.2, 0.25) is 0 Å². The van der Waals surface area contributed by atoms with Crippen molar-refractivity contribution in [2.24, 2.45) is 0 Å². The van der Waals surface area contributed by atoms with Gasteiger partial charge < -0.3 is 4.18 Å². The van der Waals surface area contributed by atoms with E-state index in [0.717, 1.165) is 12.1 Å². The van der Waals surface area contributed by atoms with Gasteiger partial charge in [-0.3, -0.25) is 0 Å². The van der Waals surface area contributed by atoms with Crippen molar-refractivity contribution in [3.63, 3.8) is 0 Å². The first-order valence-electron chi connectivity index (χ1n) is 10.3. The molecule has 0 saturated heterocycles. The summed E-state index contributed by atoms with van der Waals surface area (Å²) in [5, 5.41) is 9.13. The fourth-order valence-corrected chi connectivity index (χ4v) is 10.1. The number of alkyl halides is 3. The lowest BCUT2D eigenvalue weighted by atomic mass is 10.0. The summed E-state index contributed by atoms with van der Waals surface area (Å²) in [4.78, 5) is 0. The molecule has 0 aliphatic rings. The summed E-state index contributed by atoms with van der Waals surface area (Å²) in [5.41, 5.74) is -2.21. The van der Waals surface area contributed by atoms with Gasteiger partial charge in [-0.25, -0.2) is 4.39 Å². The van der Waals surface area contributed by atoms with E-state index in [-0.39, 0.29) is 38.5 Å². The molecule has 0 atom stereocenters. The normalized spacial score (nSPS) is 12.7. The minimum atomic E-state index is -6.05. The zero-order valence-electron chi connectivity index (χ0n) is 19.1. The minimum absolute atomic E-state index is 0.137. The highest BCUT2D eigenvalue weighted by molar-refractivity contribution is 7.88. The number of hydrogen-bond donors (Lipinski definition) is 0. The first-order valence-corrected chi connectivity index (χ1v) is 13.9. The van der Waals surface area contributed by atoms with Crippen LogP contribution in [0.15, 0.2) is 24.3 Å². The number of hydrogen-bond acceptors (Lipinski definition) is 4. The summed E-state index contributed by atoms with van der Waals surface area (Å²) in [7, 11) is -8.40. The van der Waals surface area contributed by atoms with Crippen LogP contribution in [-0.4, -0.2) is 22.0 Å². The number of nitriles is 1. The molecule has 0 aliphatic heterocycles. The van der Waals surface area contributed by atoms with E-state index in [9.17, 15) is 31.2 Å². The Kier molecular flexibility index (Phi) is 7.57. The zero-order valence-corrected chi connectivity index (χ0v) is 21.0. The molecule has 0 heterocycles. The molecule has 0 fully saturated rings. The van der Waals surface area contributed by atoms with Crippen molar-refractivity contribution >= 4 is 29.0 Å². The number of nitrogens with zero attached hydrogens (tertiary/aromatic N) is 1. The van der Waals surface area contributed by atoms with Crippen LogP contribution in [0.25, 0.3) is 10.8 Å². The Hall–Kier alpha value is -2.56. The SMILES string of the molecule is CC(C)[Si](C#Cc1c(F)ccc2cc(C#N)cc(OS(=O)(=O)C(F)(F)F)c12)(C(C)C)C(C)C. The molecule has 178 valence electrons. The number of benzene rings is 2. The van der Waals surface area contributed by atoms with E-state index in [4.69, 9.17) is 0 Å². The predicted octanol–water partition coefficient (Wildman–Crippen LogP) is 6.65. The first kappa shape index (κ1) is 26.7. The molecule has 0 unspecified atom stereocenters. The van der Waals surface area contributed by atoms with E-state index in [1.807, 2.05) is 41.5 Å². The molecule has 0 aromatic heterocycles. The Bertz CT molecular complexity index is 1250. The van der Waals surface area contributed by atoms with Crippen LogP contribution >= 0.6 is 0 Å². The van der Waals surface area contributed by atoms with Crippen LogP contribution in [0.3, 0.4) is 0 Å². The van der Waals surface area contributed by atoms with Gasteiger partial charge >= 0.3 is 15.6 Å². The van der Waals surface area contributed by atoms with Gasteiger partial charge in [0.05, 0.1) is 17.2 Å². The lowest BCUT2D eigenvalue weighted by Crippen LogP contribution is -2.43. The summed E-state index contributed by atoms with van der Waals surface area (Å²) in [6.07, 6.45) is 0. The number of fused-ring (bicyclic) bond motifs is 1. The third-order valence-corrected chi connectivity index (χ3v) is 13.2. The topological polar surface area (TPSA) is 67.2 Å². The van der Waals surface area contributed by atoms with Gasteiger partial charge in [-0.1, -0.05) is 53.5 Å². The van der Waals surface area contributed by atoms with Gasteiger partial charge in [0.25, 0.3) is 0 Å². The Morgan fingerprint density at radius 1 is 1.00 bits per heavy atom. The summed E-state index contributed by atoms with van der Waals surface area (Å²) in [6, 6.07) is 6.21. The molecular weight excluding hydrogens is 474 g/mol. The molecule has 0 amide bonds. The summed E-state index contributed by atoms with van der Waals surface area (Å²) >= 11 is 0. The molecule has 0 bridgehead atoms. The van der Waals surface area contributed by atoms with E-state index in [1.165, 1.54) is 12.1 Å². The summed E-state index contributed by atoms with van der Waals surface area (Å²) in [6.45, 7) is 12.3. The Balaban J connectivity index is 2.93. The predicted molar refractivity (Wildman–Crippen MR) is 122 cm³/mol. The van der Waals surface area contributed by atoms with E-state index in [1.54, 1.807) is 6.07 Å². The van der Waals surface area contributed by atoms with Crippen LogP contribution in [0.2, 0.25) is 16.6 Å². The third-order valence-electron chi connectivity index (χ3n) is 5.91. The van der Waals surface area contributed by atoms with Crippen LogP contribution in [-0.2, 0) is 10.1 Å². The fraction of sp³-hybridized carbons (Fsp3) is 0.435. The number of halogens is 4. The van der Waals surface area contributed by atoms with Crippen molar-refractivity contribution in [3.05, 3.63) is 41.2 Å². The Morgan fingerprint density at radius 3 is 2.00 bits per heavy atom. The standard InChI is InChI=1S/C23H25F4NO3SSi/c1-14(2)33(15(3)4,16(5)6)10-9-19-20(24)8-7-18-11-17(13-28)12-21(22(18)19)31-32(29,30)23(25,26)27/h7-8,11-12,14-16H,1-6H3. The maximum Gasteiger partial charge on any atom is 0.534 e. The smallest absolute Gasteiger partial charge is 0.375 e. The first-order chi connectivity index (χ1) is 15.1. The largest absolute Gasteiger partial charge is 0.534 e. The molecule has 2 aromatic carbocycles. The van der Waals surface area contributed by atoms with E-state index >= 15 is 0 Å². The van der Waals surface area contributed by atoms with Crippen LogP contribution in [0.1, 0.15) is 52.7 Å². The molecule has 0 N–H and O–H groups in total. The molecule has 2 aromatic rings. The van der Waals surface area contributed by atoms with E-state index < -0.39 is 35.3 Å². The average molecular weight is 500 g/mol. The van der Waals surface area contributed by atoms with Gasteiger partial charge in [0.15, 0.2) is 5.75 Å². The van der Waals surface area contributed by atoms with Crippen LogP contribution in [0.4, 0.5) is 17.6 Å². The van der Waals surface area contributed by atoms with Crippen molar-refractivity contribution in [1.29, 1.82) is 5.26 Å².